The number of pyridine rings is 1. The van der Waals surface area contributed by atoms with Gasteiger partial charge in [-0.05, 0) is 12.5 Å². The fraction of sp³-hybridized carbons (Fsp3) is 0.455. The van der Waals surface area contributed by atoms with Gasteiger partial charge in [-0.2, -0.15) is 13.2 Å². The Hall–Kier alpha value is -1.50. The molecule has 0 atom stereocenters. The molecule has 1 rings (SSSR count). The molecule has 0 aliphatic rings. The lowest BCUT2D eigenvalue weighted by Crippen LogP contribution is -2.39. The highest BCUT2D eigenvalue weighted by atomic mass is 35.5. The molecule has 1 amide bonds. The Morgan fingerprint density at radius 3 is 2.68 bits per heavy atom. The molecule has 0 saturated carbocycles. The second kappa shape index (κ2) is 6.10. The van der Waals surface area contributed by atoms with Gasteiger partial charge in [-0.25, -0.2) is 4.98 Å². The smallest absolute Gasteiger partial charge is 0.384 e. The van der Waals surface area contributed by atoms with Gasteiger partial charge in [-0.1, -0.05) is 18.5 Å². The highest BCUT2D eigenvalue weighted by Crippen LogP contribution is 2.22. The topological polar surface area (TPSA) is 59.2 Å². The van der Waals surface area contributed by atoms with E-state index >= 15 is 0 Å². The summed E-state index contributed by atoms with van der Waals surface area (Å²) in [4.78, 5) is 16.4. The van der Waals surface area contributed by atoms with Gasteiger partial charge in [0.25, 0.3) is 5.91 Å². The SMILES string of the molecule is CCCN(CC(F)(F)F)C(=O)c1cc(N)ncc1Cl. The number of rotatable bonds is 4. The van der Waals surface area contributed by atoms with Crippen LogP contribution >= 0.6 is 11.6 Å². The predicted molar refractivity (Wildman–Crippen MR) is 65.9 cm³/mol. The zero-order valence-electron chi connectivity index (χ0n) is 10.2. The van der Waals surface area contributed by atoms with Crippen LogP contribution in [-0.4, -0.2) is 35.1 Å². The fourth-order valence-corrected chi connectivity index (χ4v) is 1.71. The molecule has 0 aromatic carbocycles. The molecule has 4 nitrogen and oxygen atoms in total. The molecule has 2 N–H and O–H groups in total. The zero-order valence-corrected chi connectivity index (χ0v) is 10.9. The summed E-state index contributed by atoms with van der Waals surface area (Å²) in [5.74, 6) is -0.783. The minimum absolute atomic E-state index is 0.0170. The van der Waals surface area contributed by atoms with E-state index in [-0.39, 0.29) is 22.9 Å². The number of nitrogen functional groups attached to an aromatic ring is 1. The van der Waals surface area contributed by atoms with E-state index in [1.807, 2.05) is 0 Å². The van der Waals surface area contributed by atoms with Gasteiger partial charge in [0.2, 0.25) is 0 Å². The molecule has 1 aromatic heterocycles. The van der Waals surface area contributed by atoms with Gasteiger partial charge < -0.3 is 10.6 Å². The van der Waals surface area contributed by atoms with Gasteiger partial charge >= 0.3 is 6.18 Å². The molecule has 0 spiro atoms. The number of alkyl halides is 3. The van der Waals surface area contributed by atoms with E-state index in [1.54, 1.807) is 6.92 Å². The number of nitrogens with two attached hydrogens (primary N) is 1. The summed E-state index contributed by atoms with van der Waals surface area (Å²) in [5.41, 5.74) is 5.33. The number of nitrogens with zero attached hydrogens (tertiary/aromatic N) is 2. The minimum atomic E-state index is -4.46. The average molecular weight is 296 g/mol. The molecular formula is C11H13ClF3N3O. The van der Waals surface area contributed by atoms with E-state index in [0.717, 1.165) is 6.20 Å². The van der Waals surface area contributed by atoms with Gasteiger partial charge in [-0.3, -0.25) is 4.79 Å². The molecule has 0 aliphatic heterocycles. The number of carbonyl (C=O) groups excluding carboxylic acids is 1. The Bertz CT molecular complexity index is 465. The van der Waals surface area contributed by atoms with Crippen molar-refractivity contribution in [3.8, 4) is 0 Å². The van der Waals surface area contributed by atoms with Crippen LogP contribution in [0.25, 0.3) is 0 Å². The third kappa shape index (κ3) is 4.59. The summed E-state index contributed by atoms with van der Waals surface area (Å²) in [6.45, 7) is 0.342. The average Bonchev–Trinajstić information content (AvgIpc) is 2.29. The first-order valence-corrected chi connectivity index (χ1v) is 5.89. The lowest BCUT2D eigenvalue weighted by Gasteiger charge is -2.23. The third-order valence-corrected chi connectivity index (χ3v) is 2.56. The Morgan fingerprint density at radius 1 is 1.53 bits per heavy atom. The number of hydrogen-bond acceptors (Lipinski definition) is 3. The van der Waals surface area contributed by atoms with Crippen LogP contribution in [0.2, 0.25) is 5.02 Å². The van der Waals surface area contributed by atoms with Crippen LogP contribution in [0.4, 0.5) is 19.0 Å². The number of hydrogen-bond donors (Lipinski definition) is 1. The first-order valence-electron chi connectivity index (χ1n) is 5.51. The standard InChI is InChI=1S/C11H13ClF3N3O/c1-2-3-18(6-11(13,14)15)10(19)7-4-9(16)17-5-8(7)12/h4-5H,2-3,6H2,1H3,(H2,16,17). The van der Waals surface area contributed by atoms with Gasteiger partial charge in [-0.15, -0.1) is 0 Å². The maximum atomic E-state index is 12.4. The van der Waals surface area contributed by atoms with Gasteiger partial charge in [0.05, 0.1) is 10.6 Å². The quantitative estimate of drug-likeness (QED) is 0.929. The summed E-state index contributed by atoms with van der Waals surface area (Å²) in [7, 11) is 0. The molecule has 1 aromatic rings. The van der Waals surface area contributed by atoms with E-state index in [2.05, 4.69) is 4.98 Å². The summed E-state index contributed by atoms with van der Waals surface area (Å²) < 4.78 is 37.3. The monoisotopic (exact) mass is 295 g/mol. The highest BCUT2D eigenvalue weighted by molar-refractivity contribution is 6.33. The van der Waals surface area contributed by atoms with Crippen molar-refractivity contribution in [1.29, 1.82) is 0 Å². The van der Waals surface area contributed by atoms with Crippen LogP contribution < -0.4 is 5.73 Å². The first-order chi connectivity index (χ1) is 8.74. The minimum Gasteiger partial charge on any atom is -0.384 e. The Balaban J connectivity index is 3.02. The number of anilines is 1. The number of halogens is 4. The first kappa shape index (κ1) is 15.6. The second-order valence-corrected chi connectivity index (χ2v) is 4.34. The molecule has 106 valence electrons. The van der Waals surface area contributed by atoms with Crippen molar-refractivity contribution in [2.24, 2.45) is 0 Å². The van der Waals surface area contributed by atoms with Crippen molar-refractivity contribution < 1.29 is 18.0 Å². The summed E-state index contributed by atoms with van der Waals surface area (Å²) in [6.07, 6.45) is -2.92. The molecule has 0 fully saturated rings. The van der Waals surface area contributed by atoms with E-state index in [0.29, 0.717) is 11.3 Å². The molecule has 8 heteroatoms. The lowest BCUT2D eigenvalue weighted by atomic mass is 10.2. The van der Waals surface area contributed by atoms with E-state index < -0.39 is 18.6 Å². The molecule has 0 bridgehead atoms. The normalized spacial score (nSPS) is 11.4. The van der Waals surface area contributed by atoms with Gasteiger partial charge in [0.1, 0.15) is 12.4 Å². The van der Waals surface area contributed by atoms with Crippen LogP contribution in [0.3, 0.4) is 0 Å². The maximum absolute atomic E-state index is 12.4. The molecule has 19 heavy (non-hydrogen) atoms. The van der Waals surface area contributed by atoms with Crippen LogP contribution in [-0.2, 0) is 0 Å². The van der Waals surface area contributed by atoms with E-state index in [4.69, 9.17) is 17.3 Å². The largest absolute Gasteiger partial charge is 0.406 e. The molecular weight excluding hydrogens is 283 g/mol. The van der Waals surface area contributed by atoms with Crippen molar-refractivity contribution in [2.45, 2.75) is 19.5 Å². The molecule has 0 radical (unpaired) electrons. The van der Waals surface area contributed by atoms with Crippen molar-refractivity contribution in [3.05, 3.63) is 22.8 Å². The van der Waals surface area contributed by atoms with Crippen LogP contribution in [0.15, 0.2) is 12.3 Å². The van der Waals surface area contributed by atoms with E-state index in [1.165, 1.54) is 6.07 Å². The summed E-state index contributed by atoms with van der Waals surface area (Å²) in [6, 6.07) is 1.17. The van der Waals surface area contributed by atoms with Crippen LogP contribution in [0.1, 0.15) is 23.7 Å². The molecule has 0 saturated heterocycles. The van der Waals surface area contributed by atoms with Crippen molar-refractivity contribution in [2.75, 3.05) is 18.8 Å². The lowest BCUT2D eigenvalue weighted by molar-refractivity contribution is -0.140. The molecule has 0 unspecified atom stereocenters. The summed E-state index contributed by atoms with van der Waals surface area (Å²) in [5, 5.41) is -0.0255. The highest BCUT2D eigenvalue weighted by Gasteiger charge is 2.33. The van der Waals surface area contributed by atoms with Crippen LogP contribution in [0.5, 0.6) is 0 Å². The number of aromatic nitrogens is 1. The van der Waals surface area contributed by atoms with Crippen LogP contribution in [0, 0.1) is 0 Å². The Morgan fingerprint density at radius 2 is 2.16 bits per heavy atom. The number of carbonyl (C=O) groups is 1. The molecule has 0 aliphatic carbocycles. The Labute approximate surface area is 113 Å². The van der Waals surface area contributed by atoms with Gasteiger partial charge in [0, 0.05) is 12.7 Å². The van der Waals surface area contributed by atoms with Crippen molar-refractivity contribution in [1.82, 2.24) is 9.88 Å². The third-order valence-electron chi connectivity index (χ3n) is 2.26. The van der Waals surface area contributed by atoms with Crippen molar-refractivity contribution in [3.63, 3.8) is 0 Å². The number of amides is 1. The van der Waals surface area contributed by atoms with Crippen molar-refractivity contribution >= 4 is 23.3 Å². The van der Waals surface area contributed by atoms with E-state index in [9.17, 15) is 18.0 Å². The van der Waals surface area contributed by atoms with Gasteiger partial charge in [0.15, 0.2) is 0 Å². The summed E-state index contributed by atoms with van der Waals surface area (Å²) >= 11 is 5.76. The molecule has 1 heterocycles. The predicted octanol–water partition coefficient (Wildman–Crippen LogP) is 2.73. The Kier molecular flexibility index (Phi) is 4.99. The fourth-order valence-electron chi connectivity index (χ4n) is 1.53. The zero-order chi connectivity index (χ0) is 14.6. The second-order valence-electron chi connectivity index (χ2n) is 3.93. The maximum Gasteiger partial charge on any atom is 0.406 e.